The van der Waals surface area contributed by atoms with E-state index >= 15 is 0 Å². The molecule has 0 bridgehead atoms. The maximum absolute atomic E-state index is 13.1. The fourth-order valence-electron chi connectivity index (χ4n) is 3.33. The molecule has 32 heavy (non-hydrogen) atoms. The van der Waals surface area contributed by atoms with Gasteiger partial charge in [-0.25, -0.2) is 8.42 Å². The zero-order chi connectivity index (χ0) is 22.6. The van der Waals surface area contributed by atoms with Gasteiger partial charge in [-0.3, -0.25) is 10.1 Å². The Morgan fingerprint density at radius 3 is 1.97 bits per heavy atom. The summed E-state index contributed by atoms with van der Waals surface area (Å²) >= 11 is 0. The van der Waals surface area contributed by atoms with Crippen LogP contribution in [0.2, 0.25) is 0 Å². The van der Waals surface area contributed by atoms with Crippen LogP contribution in [-0.4, -0.2) is 30.3 Å². The summed E-state index contributed by atoms with van der Waals surface area (Å²) in [5.41, 5.74) is 2.23. The summed E-state index contributed by atoms with van der Waals surface area (Å²) in [5.74, 6) is -0.655. The van der Waals surface area contributed by atoms with Crippen LogP contribution in [0.3, 0.4) is 0 Å². The highest BCUT2D eigenvalue weighted by Gasteiger charge is 2.24. The molecule has 0 unspecified atom stereocenters. The molecule has 4 rings (SSSR count). The van der Waals surface area contributed by atoms with Crippen LogP contribution in [0.4, 0.5) is 6.01 Å². The lowest BCUT2D eigenvalue weighted by molar-refractivity contribution is -0.116. The fraction of sp³-hybridized carbons (Fsp3) is 0.125. The first-order valence-electron chi connectivity index (χ1n) is 10.1. The summed E-state index contributed by atoms with van der Waals surface area (Å²) < 4.78 is 29.6. The molecule has 0 fully saturated rings. The molecule has 1 amide bonds. The number of hydrogen-bond acceptors (Lipinski definition) is 6. The molecule has 1 N–H and O–H groups in total. The third-order valence-corrected chi connectivity index (χ3v) is 6.77. The SMILES string of the molecule is CCS(=O)(=O)c1ccc(-c2nnc(NC(=O)C(c3ccccc3)c3ccccc3)o2)cc1. The maximum Gasteiger partial charge on any atom is 0.322 e. The zero-order valence-corrected chi connectivity index (χ0v) is 18.1. The van der Waals surface area contributed by atoms with E-state index < -0.39 is 15.8 Å². The number of benzene rings is 3. The van der Waals surface area contributed by atoms with Gasteiger partial charge in [-0.1, -0.05) is 72.7 Å². The van der Waals surface area contributed by atoms with Gasteiger partial charge < -0.3 is 4.42 Å². The predicted molar refractivity (Wildman–Crippen MR) is 121 cm³/mol. The molecule has 162 valence electrons. The smallest absolute Gasteiger partial charge is 0.322 e. The van der Waals surface area contributed by atoms with Crippen LogP contribution in [0.15, 0.2) is 94.2 Å². The van der Waals surface area contributed by atoms with Crippen molar-refractivity contribution in [3.8, 4) is 11.5 Å². The second kappa shape index (κ2) is 9.15. The highest BCUT2D eigenvalue weighted by Crippen LogP contribution is 2.27. The van der Waals surface area contributed by atoms with Gasteiger partial charge in [-0.15, -0.1) is 5.10 Å². The fourth-order valence-corrected chi connectivity index (χ4v) is 4.21. The number of anilines is 1. The molecule has 0 radical (unpaired) electrons. The Balaban J connectivity index is 1.56. The number of nitrogens with zero attached hydrogens (tertiary/aromatic N) is 2. The van der Waals surface area contributed by atoms with E-state index in [9.17, 15) is 13.2 Å². The van der Waals surface area contributed by atoms with Crippen molar-refractivity contribution in [1.29, 1.82) is 0 Å². The molecular formula is C24H21N3O4S. The van der Waals surface area contributed by atoms with Crippen molar-refractivity contribution in [2.75, 3.05) is 11.1 Å². The second-order valence-corrected chi connectivity index (χ2v) is 9.36. The number of hydrogen-bond donors (Lipinski definition) is 1. The molecule has 0 saturated heterocycles. The van der Waals surface area contributed by atoms with Crippen LogP contribution in [0, 0.1) is 0 Å². The summed E-state index contributed by atoms with van der Waals surface area (Å²) in [6.45, 7) is 1.59. The number of carbonyl (C=O) groups is 1. The van der Waals surface area contributed by atoms with Crippen LogP contribution in [-0.2, 0) is 14.6 Å². The van der Waals surface area contributed by atoms with Gasteiger partial charge in [0.2, 0.25) is 11.8 Å². The van der Waals surface area contributed by atoms with Gasteiger partial charge in [0.1, 0.15) is 0 Å². The summed E-state index contributed by atoms with van der Waals surface area (Å²) in [6, 6.07) is 25.0. The van der Waals surface area contributed by atoms with Crippen LogP contribution in [0.25, 0.3) is 11.5 Å². The van der Waals surface area contributed by atoms with E-state index in [0.29, 0.717) is 5.56 Å². The van der Waals surface area contributed by atoms with E-state index in [1.54, 1.807) is 19.1 Å². The third-order valence-electron chi connectivity index (χ3n) is 5.02. The highest BCUT2D eigenvalue weighted by atomic mass is 32.2. The average Bonchev–Trinajstić information content (AvgIpc) is 3.29. The maximum atomic E-state index is 13.1. The van der Waals surface area contributed by atoms with Crippen LogP contribution >= 0.6 is 0 Å². The van der Waals surface area contributed by atoms with Crippen LogP contribution in [0.1, 0.15) is 24.0 Å². The van der Waals surface area contributed by atoms with Crippen molar-refractivity contribution in [3.05, 3.63) is 96.1 Å². The summed E-state index contributed by atoms with van der Waals surface area (Å²) in [6.07, 6.45) is 0. The first kappa shape index (κ1) is 21.5. The van der Waals surface area contributed by atoms with E-state index in [2.05, 4.69) is 15.5 Å². The van der Waals surface area contributed by atoms with Crippen molar-refractivity contribution in [1.82, 2.24) is 10.2 Å². The Bertz CT molecular complexity index is 1260. The molecule has 1 heterocycles. The lowest BCUT2D eigenvalue weighted by Gasteiger charge is -2.16. The first-order valence-corrected chi connectivity index (χ1v) is 11.7. The lowest BCUT2D eigenvalue weighted by Crippen LogP contribution is -2.22. The molecule has 7 nitrogen and oxygen atoms in total. The number of amides is 1. The van der Waals surface area contributed by atoms with Crippen molar-refractivity contribution in [2.24, 2.45) is 0 Å². The van der Waals surface area contributed by atoms with Gasteiger partial charge in [0, 0.05) is 5.56 Å². The molecule has 0 aliphatic rings. The Morgan fingerprint density at radius 2 is 1.44 bits per heavy atom. The minimum atomic E-state index is -3.29. The number of nitrogens with one attached hydrogen (secondary N) is 1. The van der Waals surface area contributed by atoms with Crippen molar-refractivity contribution in [3.63, 3.8) is 0 Å². The Morgan fingerprint density at radius 1 is 0.875 bits per heavy atom. The zero-order valence-electron chi connectivity index (χ0n) is 17.3. The summed E-state index contributed by atoms with van der Waals surface area (Å²) in [4.78, 5) is 13.4. The first-order chi connectivity index (χ1) is 15.5. The summed E-state index contributed by atoms with van der Waals surface area (Å²) in [5, 5.41) is 10.6. The normalized spacial score (nSPS) is 11.4. The Kier molecular flexibility index (Phi) is 6.13. The highest BCUT2D eigenvalue weighted by molar-refractivity contribution is 7.91. The van der Waals surface area contributed by atoms with Crippen LogP contribution < -0.4 is 5.32 Å². The Labute approximate surface area is 186 Å². The lowest BCUT2D eigenvalue weighted by atomic mass is 9.90. The third kappa shape index (κ3) is 4.60. The van der Waals surface area contributed by atoms with E-state index in [-0.39, 0.29) is 28.5 Å². The molecule has 1 aromatic heterocycles. The molecule has 0 atom stereocenters. The quantitative estimate of drug-likeness (QED) is 0.453. The van der Waals surface area contributed by atoms with E-state index in [0.717, 1.165) is 11.1 Å². The van der Waals surface area contributed by atoms with Crippen LogP contribution in [0.5, 0.6) is 0 Å². The molecule has 8 heteroatoms. The topological polar surface area (TPSA) is 102 Å². The van der Waals surface area contributed by atoms with Crippen molar-refractivity contribution >= 4 is 21.8 Å². The second-order valence-electron chi connectivity index (χ2n) is 7.08. The molecule has 4 aromatic rings. The summed E-state index contributed by atoms with van der Waals surface area (Å²) in [7, 11) is -3.29. The van der Waals surface area contributed by atoms with Crippen molar-refractivity contribution < 1.29 is 17.6 Å². The standard InChI is InChI=1S/C24H21N3O4S/c1-2-32(29,30)20-15-13-19(14-16-20)23-26-27-24(31-23)25-22(28)21(17-9-5-3-6-10-17)18-11-7-4-8-12-18/h3-16,21H,2H2,1H3,(H,25,27,28). The molecular weight excluding hydrogens is 426 g/mol. The average molecular weight is 448 g/mol. The minimum Gasteiger partial charge on any atom is -0.403 e. The van der Waals surface area contributed by atoms with Gasteiger partial charge in [0.15, 0.2) is 9.84 Å². The molecule has 0 saturated carbocycles. The molecule has 0 spiro atoms. The van der Waals surface area contributed by atoms with Gasteiger partial charge in [0.05, 0.1) is 16.6 Å². The largest absolute Gasteiger partial charge is 0.403 e. The minimum absolute atomic E-state index is 0.0209. The van der Waals surface area contributed by atoms with E-state index in [4.69, 9.17) is 4.42 Å². The number of rotatable bonds is 7. The van der Waals surface area contributed by atoms with Gasteiger partial charge >= 0.3 is 6.01 Å². The van der Waals surface area contributed by atoms with Gasteiger partial charge in [-0.2, -0.15) is 0 Å². The number of sulfone groups is 1. The number of aromatic nitrogens is 2. The predicted octanol–water partition coefficient (Wildman–Crippen LogP) is 4.30. The molecule has 3 aromatic carbocycles. The van der Waals surface area contributed by atoms with Gasteiger partial charge in [0.25, 0.3) is 0 Å². The van der Waals surface area contributed by atoms with Gasteiger partial charge in [-0.05, 0) is 35.4 Å². The Hall–Kier alpha value is -3.78. The van der Waals surface area contributed by atoms with E-state index in [1.807, 2.05) is 60.7 Å². The van der Waals surface area contributed by atoms with E-state index in [1.165, 1.54) is 12.1 Å². The molecule has 0 aliphatic carbocycles. The van der Waals surface area contributed by atoms with Crippen molar-refractivity contribution in [2.45, 2.75) is 17.7 Å². The molecule has 0 aliphatic heterocycles. The monoisotopic (exact) mass is 447 g/mol. The number of carbonyl (C=O) groups excluding carboxylic acids is 1.